The number of thiol groups is 1. The summed E-state index contributed by atoms with van der Waals surface area (Å²) in [5.74, 6) is -0.326. The van der Waals surface area contributed by atoms with Gasteiger partial charge in [-0.1, -0.05) is 13.0 Å². The zero-order valence-corrected chi connectivity index (χ0v) is 10.9. The normalized spacial score (nSPS) is 9.76. The summed E-state index contributed by atoms with van der Waals surface area (Å²) in [7, 11) is 0. The zero-order valence-electron chi connectivity index (χ0n) is 9.99. The van der Waals surface area contributed by atoms with Gasteiger partial charge in [0.2, 0.25) is 0 Å². The van der Waals surface area contributed by atoms with Crippen LogP contribution in [0, 0.1) is 11.3 Å². The fourth-order valence-electron chi connectivity index (χ4n) is 1.65. The zero-order chi connectivity index (χ0) is 12.8. The molecule has 1 aromatic carbocycles. The van der Waals surface area contributed by atoms with Gasteiger partial charge < -0.3 is 4.74 Å². The Morgan fingerprint density at radius 2 is 2.18 bits per heavy atom. The average Bonchev–Trinajstić information content (AvgIpc) is 2.31. The standard InChI is InChI=1S/C13H15NO2S/c1-3-9-5-6-12(17)10(11(9)8-14)7-13(15)16-4-2/h5-6,17H,3-4,7H2,1-2H3. The van der Waals surface area contributed by atoms with Crippen LogP contribution in [0.4, 0.5) is 0 Å². The maximum Gasteiger partial charge on any atom is 0.310 e. The van der Waals surface area contributed by atoms with Crippen LogP contribution in [0.15, 0.2) is 17.0 Å². The van der Waals surface area contributed by atoms with Crippen molar-refractivity contribution >= 4 is 18.6 Å². The van der Waals surface area contributed by atoms with Gasteiger partial charge in [0.05, 0.1) is 24.7 Å². The molecule has 0 radical (unpaired) electrons. The van der Waals surface area contributed by atoms with E-state index in [2.05, 4.69) is 18.7 Å². The third kappa shape index (κ3) is 3.24. The van der Waals surface area contributed by atoms with Crippen molar-refractivity contribution in [3.05, 3.63) is 28.8 Å². The second-order valence-electron chi connectivity index (χ2n) is 3.54. The van der Waals surface area contributed by atoms with Crippen molar-refractivity contribution in [2.45, 2.75) is 31.6 Å². The molecule has 17 heavy (non-hydrogen) atoms. The summed E-state index contributed by atoms with van der Waals surface area (Å²) in [6.45, 7) is 4.08. The van der Waals surface area contributed by atoms with E-state index in [-0.39, 0.29) is 12.4 Å². The summed E-state index contributed by atoms with van der Waals surface area (Å²) in [4.78, 5) is 12.1. The van der Waals surface area contributed by atoms with Gasteiger partial charge in [-0.15, -0.1) is 12.6 Å². The summed E-state index contributed by atoms with van der Waals surface area (Å²) in [6, 6.07) is 5.83. The second kappa shape index (κ2) is 6.31. The lowest BCUT2D eigenvalue weighted by Crippen LogP contribution is -2.10. The van der Waals surface area contributed by atoms with Gasteiger partial charge in [-0.3, -0.25) is 4.79 Å². The van der Waals surface area contributed by atoms with E-state index < -0.39 is 0 Å². The summed E-state index contributed by atoms with van der Waals surface area (Å²) in [6.07, 6.45) is 0.857. The summed E-state index contributed by atoms with van der Waals surface area (Å²) >= 11 is 4.29. The van der Waals surface area contributed by atoms with Crippen molar-refractivity contribution in [2.24, 2.45) is 0 Å². The number of nitrogens with zero attached hydrogens (tertiary/aromatic N) is 1. The van der Waals surface area contributed by atoms with E-state index in [0.717, 1.165) is 12.0 Å². The quantitative estimate of drug-likeness (QED) is 0.659. The van der Waals surface area contributed by atoms with Crippen LogP contribution >= 0.6 is 12.6 Å². The number of aryl methyl sites for hydroxylation is 1. The molecule has 0 aliphatic heterocycles. The largest absolute Gasteiger partial charge is 0.466 e. The Morgan fingerprint density at radius 1 is 1.47 bits per heavy atom. The molecular formula is C13H15NO2S. The number of rotatable bonds is 4. The first-order valence-corrected chi connectivity index (χ1v) is 5.98. The fourth-order valence-corrected chi connectivity index (χ4v) is 1.92. The van der Waals surface area contributed by atoms with Crippen LogP contribution in [-0.2, 0) is 22.4 Å². The summed E-state index contributed by atoms with van der Waals surface area (Å²) < 4.78 is 4.89. The van der Waals surface area contributed by atoms with E-state index >= 15 is 0 Å². The molecule has 0 bridgehead atoms. The molecule has 3 nitrogen and oxygen atoms in total. The van der Waals surface area contributed by atoms with Crippen LogP contribution in [0.2, 0.25) is 0 Å². The lowest BCUT2D eigenvalue weighted by molar-refractivity contribution is -0.142. The van der Waals surface area contributed by atoms with Gasteiger partial charge in [0.15, 0.2) is 0 Å². The first kappa shape index (κ1) is 13.6. The maximum absolute atomic E-state index is 11.5. The molecule has 0 unspecified atom stereocenters. The van der Waals surface area contributed by atoms with Gasteiger partial charge in [0, 0.05) is 4.90 Å². The number of ether oxygens (including phenoxy) is 1. The van der Waals surface area contributed by atoms with Crippen LogP contribution in [-0.4, -0.2) is 12.6 Å². The topological polar surface area (TPSA) is 50.1 Å². The maximum atomic E-state index is 11.5. The van der Waals surface area contributed by atoms with Crippen LogP contribution < -0.4 is 0 Å². The van der Waals surface area contributed by atoms with Crippen LogP contribution in [0.1, 0.15) is 30.5 Å². The lowest BCUT2D eigenvalue weighted by atomic mass is 9.98. The Morgan fingerprint density at radius 3 is 2.71 bits per heavy atom. The van der Waals surface area contributed by atoms with E-state index in [1.807, 2.05) is 19.1 Å². The lowest BCUT2D eigenvalue weighted by Gasteiger charge is -2.10. The highest BCUT2D eigenvalue weighted by molar-refractivity contribution is 7.80. The Bertz CT molecular complexity index is 463. The molecule has 0 saturated carbocycles. The molecular weight excluding hydrogens is 234 g/mol. The highest BCUT2D eigenvalue weighted by Crippen LogP contribution is 2.23. The molecule has 90 valence electrons. The molecule has 0 fully saturated rings. The van der Waals surface area contributed by atoms with Gasteiger partial charge in [0.1, 0.15) is 0 Å². The first-order chi connectivity index (χ1) is 8.13. The SMILES string of the molecule is CCOC(=O)Cc1c(S)ccc(CC)c1C#N. The van der Waals surface area contributed by atoms with Crippen molar-refractivity contribution in [2.75, 3.05) is 6.61 Å². The highest BCUT2D eigenvalue weighted by Gasteiger charge is 2.14. The molecule has 0 aliphatic carbocycles. The fraction of sp³-hybridized carbons (Fsp3) is 0.385. The number of esters is 1. The van der Waals surface area contributed by atoms with Crippen molar-refractivity contribution in [1.82, 2.24) is 0 Å². The number of carbonyl (C=O) groups is 1. The second-order valence-corrected chi connectivity index (χ2v) is 4.03. The van der Waals surface area contributed by atoms with Gasteiger partial charge >= 0.3 is 5.97 Å². The van der Waals surface area contributed by atoms with Crippen LogP contribution in [0.3, 0.4) is 0 Å². The molecule has 4 heteroatoms. The molecule has 0 amide bonds. The number of benzene rings is 1. The van der Waals surface area contributed by atoms with Gasteiger partial charge in [-0.2, -0.15) is 5.26 Å². The van der Waals surface area contributed by atoms with Crippen LogP contribution in [0.5, 0.6) is 0 Å². The summed E-state index contributed by atoms with van der Waals surface area (Å²) in [5, 5.41) is 9.16. The minimum absolute atomic E-state index is 0.101. The van der Waals surface area contributed by atoms with E-state index in [0.29, 0.717) is 22.6 Å². The van der Waals surface area contributed by atoms with E-state index in [9.17, 15) is 4.79 Å². The van der Waals surface area contributed by atoms with Crippen molar-refractivity contribution in [3.63, 3.8) is 0 Å². The number of hydrogen-bond donors (Lipinski definition) is 1. The Balaban J connectivity index is 3.13. The molecule has 0 heterocycles. The predicted molar refractivity (Wildman–Crippen MR) is 68.1 cm³/mol. The van der Waals surface area contributed by atoms with E-state index in [4.69, 9.17) is 10.00 Å². The number of hydrogen-bond acceptors (Lipinski definition) is 4. The minimum Gasteiger partial charge on any atom is -0.466 e. The summed E-state index contributed by atoms with van der Waals surface area (Å²) in [5.41, 5.74) is 2.14. The molecule has 1 aromatic rings. The third-order valence-corrected chi connectivity index (χ3v) is 2.91. The van der Waals surface area contributed by atoms with Crippen LogP contribution in [0.25, 0.3) is 0 Å². The molecule has 0 aromatic heterocycles. The molecule has 0 aliphatic rings. The number of nitriles is 1. The molecule has 0 atom stereocenters. The van der Waals surface area contributed by atoms with Crippen molar-refractivity contribution < 1.29 is 9.53 Å². The van der Waals surface area contributed by atoms with Crippen molar-refractivity contribution in [1.29, 1.82) is 5.26 Å². The van der Waals surface area contributed by atoms with E-state index in [1.165, 1.54) is 0 Å². The third-order valence-electron chi connectivity index (χ3n) is 2.49. The Kier molecular flexibility index (Phi) is 5.05. The first-order valence-electron chi connectivity index (χ1n) is 5.53. The number of carbonyl (C=O) groups excluding carboxylic acids is 1. The molecule has 1 rings (SSSR count). The smallest absolute Gasteiger partial charge is 0.310 e. The van der Waals surface area contributed by atoms with Crippen molar-refractivity contribution in [3.8, 4) is 6.07 Å². The minimum atomic E-state index is -0.326. The monoisotopic (exact) mass is 249 g/mol. The van der Waals surface area contributed by atoms with E-state index in [1.54, 1.807) is 6.92 Å². The Labute approximate surface area is 107 Å². The molecule has 0 N–H and O–H groups in total. The van der Waals surface area contributed by atoms with Gasteiger partial charge in [0.25, 0.3) is 0 Å². The molecule has 0 saturated heterocycles. The van der Waals surface area contributed by atoms with Gasteiger partial charge in [-0.25, -0.2) is 0 Å². The predicted octanol–water partition coefficient (Wildman–Crippen LogP) is 2.51. The van der Waals surface area contributed by atoms with Gasteiger partial charge in [-0.05, 0) is 30.5 Å². The average molecular weight is 249 g/mol. The Hall–Kier alpha value is -1.47. The highest BCUT2D eigenvalue weighted by atomic mass is 32.1. The molecule has 0 spiro atoms.